The number of hydrogen-bond acceptors (Lipinski definition) is 4. The Balaban J connectivity index is 2.03. The Morgan fingerprint density at radius 3 is 2.52 bits per heavy atom. The number of aromatic nitrogens is 1. The van der Waals surface area contributed by atoms with Gasteiger partial charge in [0, 0.05) is 24.4 Å². The molecule has 1 aromatic carbocycles. The first-order valence-corrected chi connectivity index (χ1v) is 9.17. The van der Waals surface area contributed by atoms with Crippen LogP contribution in [0.15, 0.2) is 35.7 Å². The summed E-state index contributed by atoms with van der Waals surface area (Å²) >= 11 is 1.25. The Morgan fingerprint density at radius 2 is 2.00 bits per heavy atom. The molecule has 9 heteroatoms. The van der Waals surface area contributed by atoms with E-state index in [0.29, 0.717) is 11.4 Å². The van der Waals surface area contributed by atoms with Crippen LogP contribution in [0.2, 0.25) is 0 Å². The smallest absolute Gasteiger partial charge is 0.407 e. The van der Waals surface area contributed by atoms with Crippen LogP contribution in [0.25, 0.3) is 0 Å². The van der Waals surface area contributed by atoms with E-state index in [1.54, 1.807) is 18.2 Å². The van der Waals surface area contributed by atoms with Crippen molar-refractivity contribution in [3.8, 4) is 0 Å². The summed E-state index contributed by atoms with van der Waals surface area (Å²) in [6.45, 7) is 0.574. The molecule has 2 heterocycles. The molecule has 0 aliphatic carbocycles. The highest BCUT2D eigenvalue weighted by Gasteiger charge is 2.69. The normalized spacial score (nSPS) is 22.8. The maximum atomic E-state index is 14.0. The van der Waals surface area contributed by atoms with Gasteiger partial charge in [-0.25, -0.2) is 4.98 Å². The quantitative estimate of drug-likeness (QED) is 0.855. The predicted octanol–water partition coefficient (Wildman–Crippen LogP) is 3.58. The zero-order valence-corrected chi connectivity index (χ0v) is 15.2. The molecule has 0 spiro atoms. The van der Waals surface area contributed by atoms with E-state index in [2.05, 4.69) is 4.98 Å². The van der Waals surface area contributed by atoms with Crippen LogP contribution < -0.4 is 0 Å². The van der Waals surface area contributed by atoms with Crippen LogP contribution in [-0.4, -0.2) is 46.1 Å². The van der Waals surface area contributed by atoms with Gasteiger partial charge in [0.05, 0.1) is 5.01 Å². The molecule has 27 heavy (non-hydrogen) atoms. The monoisotopic (exact) mass is 398 g/mol. The van der Waals surface area contributed by atoms with Gasteiger partial charge in [-0.05, 0) is 12.0 Å². The van der Waals surface area contributed by atoms with Gasteiger partial charge in [0.1, 0.15) is 5.69 Å². The van der Waals surface area contributed by atoms with Gasteiger partial charge in [-0.15, -0.1) is 11.3 Å². The molecule has 2 atom stereocenters. The molecule has 144 valence electrons. The summed E-state index contributed by atoms with van der Waals surface area (Å²) < 4.78 is 41.9. The van der Waals surface area contributed by atoms with Crippen LogP contribution in [-0.2, 0) is 11.2 Å². The van der Waals surface area contributed by atoms with Crippen molar-refractivity contribution in [3.05, 3.63) is 52.0 Å². The Labute approximate surface area is 157 Å². The third-order valence-corrected chi connectivity index (χ3v) is 5.88. The maximum Gasteiger partial charge on any atom is 0.407 e. The van der Waals surface area contributed by atoms with Crippen LogP contribution in [0.3, 0.4) is 0 Å². The van der Waals surface area contributed by atoms with Gasteiger partial charge in [-0.1, -0.05) is 37.3 Å². The number of alkyl halides is 3. The average Bonchev–Trinajstić information content (AvgIpc) is 3.27. The number of carboxylic acids is 1. The van der Waals surface area contributed by atoms with E-state index in [1.165, 1.54) is 28.8 Å². The minimum Gasteiger partial charge on any atom is -0.481 e. The lowest BCUT2D eigenvalue weighted by Crippen LogP contribution is -2.50. The predicted molar refractivity (Wildman–Crippen MR) is 92.7 cm³/mol. The lowest BCUT2D eigenvalue weighted by molar-refractivity contribution is -0.231. The van der Waals surface area contributed by atoms with Crippen LogP contribution in [0.5, 0.6) is 0 Å². The number of nitrogens with zero attached hydrogens (tertiary/aromatic N) is 2. The summed E-state index contributed by atoms with van der Waals surface area (Å²) in [6, 6.07) is 7.66. The molecule has 0 radical (unpaired) electrons. The molecule has 1 saturated heterocycles. The van der Waals surface area contributed by atoms with Crippen molar-refractivity contribution in [1.82, 2.24) is 9.88 Å². The Bertz CT molecular complexity index is 853. The number of carboxylic acid groups (broad SMARTS) is 1. The minimum absolute atomic E-state index is 0.0482. The number of amides is 1. The van der Waals surface area contributed by atoms with E-state index in [0.717, 1.165) is 4.90 Å². The summed E-state index contributed by atoms with van der Waals surface area (Å²) in [5, 5.41) is 11.8. The Hall–Kier alpha value is -2.42. The number of aliphatic carboxylic acids is 1. The average molecular weight is 398 g/mol. The molecule has 0 saturated carbocycles. The lowest BCUT2D eigenvalue weighted by atomic mass is 9.74. The van der Waals surface area contributed by atoms with Crippen molar-refractivity contribution in [3.63, 3.8) is 0 Å². The molecule has 1 N–H and O–H groups in total. The highest BCUT2D eigenvalue weighted by Crippen LogP contribution is 2.53. The minimum atomic E-state index is -5.02. The second-order valence-electron chi connectivity index (χ2n) is 6.40. The fourth-order valence-corrected chi connectivity index (χ4v) is 4.16. The van der Waals surface area contributed by atoms with Gasteiger partial charge in [0.15, 0.2) is 5.41 Å². The molecular formula is C18H17F3N2O3S. The summed E-state index contributed by atoms with van der Waals surface area (Å²) in [5.41, 5.74) is -2.78. The van der Waals surface area contributed by atoms with Crippen molar-refractivity contribution in [1.29, 1.82) is 0 Å². The molecule has 0 bridgehead atoms. The molecule has 1 aliphatic heterocycles. The third-order valence-electron chi connectivity index (χ3n) is 4.89. The fraction of sp³-hybridized carbons (Fsp3) is 0.389. The van der Waals surface area contributed by atoms with Gasteiger partial charge in [0.25, 0.3) is 5.91 Å². The number of benzene rings is 1. The lowest BCUT2D eigenvalue weighted by Gasteiger charge is -2.32. The van der Waals surface area contributed by atoms with Gasteiger partial charge < -0.3 is 10.0 Å². The standard InChI is InChI=1S/C18H17F3N2O3S/c1-2-14-22-13(9-27-14)15(24)23-8-12(11-6-4-3-5-7-11)17(10-23,16(25)26)18(19,20)21/h3-7,9,12H,2,8,10H2,1H3,(H,25,26)/t12-,17-/m0/s1. The summed E-state index contributed by atoms with van der Waals surface area (Å²) in [6.07, 6.45) is -4.42. The fourth-order valence-electron chi connectivity index (χ4n) is 3.44. The maximum absolute atomic E-state index is 14.0. The van der Waals surface area contributed by atoms with Crippen molar-refractivity contribution in [2.75, 3.05) is 13.1 Å². The van der Waals surface area contributed by atoms with Gasteiger partial charge in [0.2, 0.25) is 0 Å². The number of carbonyl (C=O) groups excluding carboxylic acids is 1. The van der Waals surface area contributed by atoms with Crippen LogP contribution >= 0.6 is 11.3 Å². The van der Waals surface area contributed by atoms with Gasteiger partial charge >= 0.3 is 12.1 Å². The van der Waals surface area contributed by atoms with Crippen molar-refractivity contribution in [2.45, 2.75) is 25.4 Å². The number of likely N-dealkylation sites (tertiary alicyclic amines) is 1. The van der Waals surface area contributed by atoms with Crippen molar-refractivity contribution < 1.29 is 27.9 Å². The number of carbonyl (C=O) groups is 2. The van der Waals surface area contributed by atoms with E-state index < -0.39 is 35.9 Å². The number of aryl methyl sites for hydroxylation is 1. The summed E-state index contributed by atoms with van der Waals surface area (Å²) in [4.78, 5) is 29.6. The second-order valence-corrected chi connectivity index (χ2v) is 7.35. The van der Waals surface area contributed by atoms with Crippen molar-refractivity contribution >= 4 is 23.2 Å². The van der Waals surface area contributed by atoms with Gasteiger partial charge in [-0.3, -0.25) is 9.59 Å². The van der Waals surface area contributed by atoms with E-state index in [-0.39, 0.29) is 17.8 Å². The number of hydrogen-bond donors (Lipinski definition) is 1. The van der Waals surface area contributed by atoms with Crippen molar-refractivity contribution in [2.24, 2.45) is 5.41 Å². The highest BCUT2D eigenvalue weighted by molar-refractivity contribution is 7.09. The number of rotatable bonds is 4. The van der Waals surface area contributed by atoms with E-state index in [9.17, 15) is 27.9 Å². The molecular weight excluding hydrogens is 381 g/mol. The first-order chi connectivity index (χ1) is 12.7. The Kier molecular flexibility index (Phi) is 4.98. The summed E-state index contributed by atoms with van der Waals surface area (Å²) in [5.74, 6) is -4.06. The molecule has 2 aromatic rings. The molecule has 3 rings (SSSR count). The SMILES string of the molecule is CCc1nc(C(=O)N2C[C@@H](c3ccccc3)[C@@](C(=O)O)(C(F)(F)F)C2)cs1. The zero-order valence-electron chi connectivity index (χ0n) is 14.4. The van der Waals surface area contributed by atoms with Gasteiger partial charge in [-0.2, -0.15) is 13.2 Å². The topological polar surface area (TPSA) is 70.5 Å². The van der Waals surface area contributed by atoms with Crippen LogP contribution in [0, 0.1) is 5.41 Å². The molecule has 1 aliphatic rings. The number of thiazole rings is 1. The van der Waals surface area contributed by atoms with E-state index in [4.69, 9.17) is 0 Å². The highest BCUT2D eigenvalue weighted by atomic mass is 32.1. The van der Waals surface area contributed by atoms with Crippen LogP contribution in [0.1, 0.15) is 33.9 Å². The molecule has 0 unspecified atom stereocenters. The molecule has 1 amide bonds. The van der Waals surface area contributed by atoms with E-state index >= 15 is 0 Å². The third kappa shape index (κ3) is 3.20. The van der Waals surface area contributed by atoms with E-state index in [1.807, 2.05) is 6.92 Å². The first kappa shape index (κ1) is 19.3. The van der Waals surface area contributed by atoms with Crippen LogP contribution in [0.4, 0.5) is 13.2 Å². The molecule has 1 aromatic heterocycles. The molecule has 5 nitrogen and oxygen atoms in total. The first-order valence-electron chi connectivity index (χ1n) is 8.29. The second kappa shape index (κ2) is 6.95. The summed E-state index contributed by atoms with van der Waals surface area (Å²) in [7, 11) is 0. The Morgan fingerprint density at radius 1 is 1.33 bits per heavy atom. The molecule has 1 fully saturated rings. The largest absolute Gasteiger partial charge is 0.481 e. The zero-order chi connectivity index (χ0) is 19.8. The number of halogens is 3.